The van der Waals surface area contributed by atoms with E-state index in [9.17, 15) is 9.18 Å². The molecule has 0 fully saturated rings. The zero-order valence-electron chi connectivity index (χ0n) is 11.4. The SMILES string of the molecule is Cc1cc(F)cc(C(=O)N(C)Cc2ccc(Br)cc2)c1. The lowest BCUT2D eigenvalue weighted by atomic mass is 10.1. The van der Waals surface area contributed by atoms with Crippen LogP contribution in [0.1, 0.15) is 21.5 Å². The molecule has 0 radical (unpaired) electrons. The molecule has 0 saturated carbocycles. The minimum absolute atomic E-state index is 0.185. The maximum atomic E-state index is 13.3. The summed E-state index contributed by atoms with van der Waals surface area (Å²) in [6.45, 7) is 2.26. The molecule has 0 aliphatic carbocycles. The van der Waals surface area contributed by atoms with Gasteiger partial charge in [-0.3, -0.25) is 4.79 Å². The van der Waals surface area contributed by atoms with Crippen LogP contribution in [0.25, 0.3) is 0 Å². The predicted molar refractivity (Wildman–Crippen MR) is 81.1 cm³/mol. The summed E-state index contributed by atoms with van der Waals surface area (Å²) in [6, 6.07) is 12.1. The minimum Gasteiger partial charge on any atom is -0.337 e. The first-order valence-electron chi connectivity index (χ1n) is 6.23. The molecule has 2 aromatic rings. The Morgan fingerprint density at radius 3 is 2.45 bits per heavy atom. The zero-order valence-corrected chi connectivity index (χ0v) is 12.9. The van der Waals surface area contributed by atoms with E-state index < -0.39 is 0 Å². The van der Waals surface area contributed by atoms with Gasteiger partial charge in [0.15, 0.2) is 0 Å². The van der Waals surface area contributed by atoms with Gasteiger partial charge in [0.1, 0.15) is 5.82 Å². The summed E-state index contributed by atoms with van der Waals surface area (Å²) in [7, 11) is 1.71. The highest BCUT2D eigenvalue weighted by Crippen LogP contribution is 2.14. The molecule has 1 amide bonds. The fourth-order valence-corrected chi connectivity index (χ4v) is 2.28. The number of carbonyl (C=O) groups is 1. The molecule has 2 rings (SSSR count). The predicted octanol–water partition coefficient (Wildman–Crippen LogP) is 4.17. The van der Waals surface area contributed by atoms with Gasteiger partial charge in [-0.25, -0.2) is 4.39 Å². The van der Waals surface area contributed by atoms with Gasteiger partial charge in [-0.15, -0.1) is 0 Å². The molecule has 104 valence electrons. The first-order chi connectivity index (χ1) is 9.45. The number of halogens is 2. The molecule has 0 atom stereocenters. The number of carbonyl (C=O) groups excluding carboxylic acids is 1. The van der Waals surface area contributed by atoms with Crippen molar-refractivity contribution in [3.8, 4) is 0 Å². The molecule has 0 aliphatic heterocycles. The normalized spacial score (nSPS) is 10.4. The van der Waals surface area contributed by atoms with E-state index in [2.05, 4.69) is 15.9 Å². The van der Waals surface area contributed by atoms with Gasteiger partial charge in [-0.2, -0.15) is 0 Å². The Morgan fingerprint density at radius 1 is 1.20 bits per heavy atom. The Balaban J connectivity index is 2.14. The molecule has 0 heterocycles. The second-order valence-corrected chi connectivity index (χ2v) is 5.72. The van der Waals surface area contributed by atoms with Gasteiger partial charge < -0.3 is 4.90 Å². The van der Waals surface area contributed by atoms with Gasteiger partial charge in [0.25, 0.3) is 5.91 Å². The van der Waals surface area contributed by atoms with E-state index >= 15 is 0 Å². The largest absolute Gasteiger partial charge is 0.337 e. The first kappa shape index (κ1) is 14.7. The Labute approximate surface area is 126 Å². The monoisotopic (exact) mass is 335 g/mol. The fraction of sp³-hybridized carbons (Fsp3) is 0.188. The molecule has 0 bridgehead atoms. The van der Waals surface area contributed by atoms with Crippen molar-refractivity contribution in [3.63, 3.8) is 0 Å². The van der Waals surface area contributed by atoms with Crippen LogP contribution in [0, 0.1) is 12.7 Å². The average molecular weight is 336 g/mol. The molecule has 2 nitrogen and oxygen atoms in total. The maximum Gasteiger partial charge on any atom is 0.254 e. The van der Waals surface area contributed by atoms with Crippen molar-refractivity contribution < 1.29 is 9.18 Å². The average Bonchev–Trinajstić information content (AvgIpc) is 2.39. The number of amides is 1. The van der Waals surface area contributed by atoms with Crippen LogP contribution in [0.15, 0.2) is 46.9 Å². The summed E-state index contributed by atoms with van der Waals surface area (Å²) in [4.78, 5) is 13.9. The van der Waals surface area contributed by atoms with Crippen LogP contribution in [0.3, 0.4) is 0 Å². The molecule has 0 aromatic heterocycles. The van der Waals surface area contributed by atoms with E-state index in [1.807, 2.05) is 24.3 Å². The van der Waals surface area contributed by atoms with Gasteiger partial charge >= 0.3 is 0 Å². The van der Waals surface area contributed by atoms with E-state index in [-0.39, 0.29) is 11.7 Å². The van der Waals surface area contributed by atoms with Crippen molar-refractivity contribution in [3.05, 3.63) is 69.4 Å². The lowest BCUT2D eigenvalue weighted by molar-refractivity contribution is 0.0784. The number of nitrogens with zero attached hydrogens (tertiary/aromatic N) is 1. The number of benzene rings is 2. The van der Waals surface area contributed by atoms with Crippen LogP contribution in [0.2, 0.25) is 0 Å². The summed E-state index contributed by atoms with van der Waals surface area (Å²) < 4.78 is 14.3. The van der Waals surface area contributed by atoms with Gasteiger partial charge in [0.2, 0.25) is 0 Å². The standard InChI is InChI=1S/C16H15BrFNO/c1-11-7-13(9-15(18)8-11)16(20)19(2)10-12-3-5-14(17)6-4-12/h3-9H,10H2,1-2H3. The molecular formula is C16H15BrFNO. The van der Waals surface area contributed by atoms with Crippen molar-refractivity contribution in [1.82, 2.24) is 4.90 Å². The van der Waals surface area contributed by atoms with Crippen molar-refractivity contribution in [2.24, 2.45) is 0 Å². The quantitative estimate of drug-likeness (QED) is 0.824. The van der Waals surface area contributed by atoms with E-state index in [1.54, 1.807) is 24.9 Å². The van der Waals surface area contributed by atoms with Crippen LogP contribution in [0.4, 0.5) is 4.39 Å². The van der Waals surface area contributed by atoms with Crippen LogP contribution in [0.5, 0.6) is 0 Å². The lowest BCUT2D eigenvalue weighted by Crippen LogP contribution is -2.26. The van der Waals surface area contributed by atoms with Crippen LogP contribution < -0.4 is 0 Å². The number of hydrogen-bond donors (Lipinski definition) is 0. The molecule has 2 aromatic carbocycles. The smallest absolute Gasteiger partial charge is 0.254 e. The molecule has 0 N–H and O–H groups in total. The molecule has 0 unspecified atom stereocenters. The second-order valence-electron chi connectivity index (χ2n) is 4.80. The summed E-state index contributed by atoms with van der Waals surface area (Å²) in [6.07, 6.45) is 0. The Bertz CT molecular complexity index is 605. The minimum atomic E-state index is -0.384. The second kappa shape index (κ2) is 6.18. The Morgan fingerprint density at radius 2 is 1.85 bits per heavy atom. The maximum absolute atomic E-state index is 13.3. The molecule has 0 aliphatic rings. The number of hydrogen-bond acceptors (Lipinski definition) is 1. The highest BCUT2D eigenvalue weighted by Gasteiger charge is 2.13. The van der Waals surface area contributed by atoms with Crippen LogP contribution >= 0.6 is 15.9 Å². The lowest BCUT2D eigenvalue weighted by Gasteiger charge is -2.17. The summed E-state index contributed by atoms with van der Waals surface area (Å²) in [5.41, 5.74) is 2.14. The molecule has 4 heteroatoms. The molecule has 20 heavy (non-hydrogen) atoms. The van der Waals surface area contributed by atoms with E-state index in [0.29, 0.717) is 12.1 Å². The third-order valence-electron chi connectivity index (χ3n) is 2.97. The van der Waals surface area contributed by atoms with E-state index in [1.165, 1.54) is 12.1 Å². The first-order valence-corrected chi connectivity index (χ1v) is 7.02. The highest BCUT2D eigenvalue weighted by molar-refractivity contribution is 9.10. The summed E-state index contributed by atoms with van der Waals surface area (Å²) in [5.74, 6) is -0.569. The van der Waals surface area contributed by atoms with Crippen molar-refractivity contribution >= 4 is 21.8 Å². The molecule has 0 saturated heterocycles. The highest BCUT2D eigenvalue weighted by atomic mass is 79.9. The van der Waals surface area contributed by atoms with Crippen LogP contribution in [-0.4, -0.2) is 17.9 Å². The Kier molecular flexibility index (Phi) is 4.55. The fourth-order valence-electron chi connectivity index (χ4n) is 2.02. The van der Waals surface area contributed by atoms with Crippen molar-refractivity contribution in [1.29, 1.82) is 0 Å². The van der Waals surface area contributed by atoms with E-state index in [4.69, 9.17) is 0 Å². The van der Waals surface area contributed by atoms with E-state index in [0.717, 1.165) is 15.6 Å². The van der Waals surface area contributed by atoms with Gasteiger partial charge in [-0.05, 0) is 48.4 Å². The van der Waals surface area contributed by atoms with Gasteiger partial charge in [0.05, 0.1) is 0 Å². The van der Waals surface area contributed by atoms with Gasteiger partial charge in [-0.1, -0.05) is 28.1 Å². The van der Waals surface area contributed by atoms with Crippen molar-refractivity contribution in [2.45, 2.75) is 13.5 Å². The third kappa shape index (κ3) is 3.67. The number of aryl methyl sites for hydroxylation is 1. The zero-order chi connectivity index (χ0) is 14.7. The summed E-state index contributed by atoms with van der Waals surface area (Å²) in [5, 5.41) is 0. The Hall–Kier alpha value is -1.68. The van der Waals surface area contributed by atoms with Crippen molar-refractivity contribution in [2.75, 3.05) is 7.05 Å². The molecule has 0 spiro atoms. The van der Waals surface area contributed by atoms with Crippen LogP contribution in [-0.2, 0) is 6.54 Å². The topological polar surface area (TPSA) is 20.3 Å². The molecular weight excluding hydrogens is 321 g/mol. The number of rotatable bonds is 3. The van der Waals surface area contributed by atoms with Gasteiger partial charge in [0, 0.05) is 23.6 Å². The third-order valence-corrected chi connectivity index (χ3v) is 3.50. The summed E-state index contributed by atoms with van der Waals surface area (Å²) >= 11 is 3.37.